The van der Waals surface area contributed by atoms with Gasteiger partial charge in [-0.25, -0.2) is 4.98 Å². The predicted octanol–water partition coefficient (Wildman–Crippen LogP) is 20.6. The van der Waals surface area contributed by atoms with Crippen molar-refractivity contribution in [2.75, 3.05) is 0 Å². The minimum absolute atomic E-state index is 0.928. The largest absolute Gasteiger partial charge is 0.292 e. The van der Waals surface area contributed by atoms with E-state index in [9.17, 15) is 0 Å². The van der Waals surface area contributed by atoms with Crippen molar-refractivity contribution in [3.63, 3.8) is 0 Å². The molecule has 0 aliphatic carbocycles. The molecule has 0 aliphatic heterocycles. The average molecular weight is 975 g/mol. The van der Waals surface area contributed by atoms with E-state index in [1.807, 2.05) is 0 Å². The number of fused-ring (bicyclic) bond motifs is 9. The standard InChI is InChI=1S/C75H46N2/c1-4-24-55-47(18-1)21-15-33-58(55)73-64-31-11-12-32-65(64)74(59-34-16-22-48-19-2-5-25-56(48)59)67-46-53(42-43-66(67)73)72-62-29-9-7-27-60(62)71(61-28-8-10-30-63(61)72)52-40-38-51-45-54(41-39-50(51)44-52)75-76-68-35-13-14-36-70(68)77(75)69-37-17-23-49-20-3-6-26-57(49)69/h1-46H. The number of rotatable bonds is 6. The van der Waals surface area contributed by atoms with Gasteiger partial charge in [-0.15, -0.1) is 0 Å². The molecule has 0 amide bonds. The molecule has 15 aromatic carbocycles. The van der Waals surface area contributed by atoms with Crippen LogP contribution in [0.25, 0.3) is 159 Å². The Morgan fingerprint density at radius 2 is 0.623 bits per heavy atom. The predicted molar refractivity (Wildman–Crippen MR) is 328 cm³/mol. The summed E-state index contributed by atoms with van der Waals surface area (Å²) in [5.41, 5.74) is 14.1. The van der Waals surface area contributed by atoms with E-state index in [2.05, 4.69) is 284 Å². The highest BCUT2D eigenvalue weighted by molar-refractivity contribution is 6.27. The summed E-state index contributed by atoms with van der Waals surface area (Å²) in [6, 6.07) is 103. The van der Waals surface area contributed by atoms with E-state index in [1.165, 1.54) is 131 Å². The van der Waals surface area contributed by atoms with Crippen molar-refractivity contribution in [1.29, 1.82) is 0 Å². The maximum absolute atomic E-state index is 5.29. The Bertz CT molecular complexity index is 5040. The van der Waals surface area contributed by atoms with Crippen LogP contribution < -0.4 is 0 Å². The quantitative estimate of drug-likeness (QED) is 0.152. The highest BCUT2D eigenvalue weighted by Gasteiger charge is 2.23. The molecule has 0 radical (unpaired) electrons. The van der Waals surface area contributed by atoms with E-state index in [1.54, 1.807) is 0 Å². The van der Waals surface area contributed by atoms with Crippen molar-refractivity contribution in [1.82, 2.24) is 9.55 Å². The van der Waals surface area contributed by atoms with Gasteiger partial charge in [0.05, 0.1) is 16.7 Å². The Morgan fingerprint density at radius 1 is 0.234 bits per heavy atom. The van der Waals surface area contributed by atoms with Gasteiger partial charge in [-0.05, 0) is 162 Å². The van der Waals surface area contributed by atoms with Gasteiger partial charge in [-0.1, -0.05) is 243 Å². The Morgan fingerprint density at radius 3 is 1.21 bits per heavy atom. The van der Waals surface area contributed by atoms with Crippen molar-refractivity contribution >= 4 is 97.2 Å². The van der Waals surface area contributed by atoms with Crippen molar-refractivity contribution in [3.05, 3.63) is 279 Å². The lowest BCUT2D eigenvalue weighted by Crippen LogP contribution is -1.98. The number of aromatic nitrogens is 2. The summed E-state index contributed by atoms with van der Waals surface area (Å²) in [5, 5.41) is 19.6. The lowest BCUT2D eigenvalue weighted by molar-refractivity contribution is 1.12. The van der Waals surface area contributed by atoms with Crippen molar-refractivity contribution in [3.8, 4) is 61.6 Å². The zero-order valence-electron chi connectivity index (χ0n) is 42.0. The fourth-order valence-electron chi connectivity index (χ4n) is 13.0. The van der Waals surface area contributed by atoms with Crippen LogP contribution in [-0.2, 0) is 0 Å². The lowest BCUT2D eigenvalue weighted by atomic mass is 9.81. The number of hydrogen-bond acceptors (Lipinski definition) is 1. The van der Waals surface area contributed by atoms with Gasteiger partial charge >= 0.3 is 0 Å². The summed E-state index contributed by atoms with van der Waals surface area (Å²) in [6.07, 6.45) is 0. The molecule has 356 valence electrons. The van der Waals surface area contributed by atoms with Crippen LogP contribution in [0.3, 0.4) is 0 Å². The van der Waals surface area contributed by atoms with Crippen LogP contribution in [0, 0.1) is 0 Å². The van der Waals surface area contributed by atoms with Gasteiger partial charge in [0.15, 0.2) is 0 Å². The zero-order chi connectivity index (χ0) is 50.6. The molecule has 0 aliphatic rings. The molecule has 1 aromatic heterocycles. The zero-order valence-corrected chi connectivity index (χ0v) is 42.0. The maximum atomic E-state index is 5.29. The van der Waals surface area contributed by atoms with Crippen LogP contribution in [0.2, 0.25) is 0 Å². The van der Waals surface area contributed by atoms with Crippen LogP contribution in [0.5, 0.6) is 0 Å². The molecule has 0 saturated carbocycles. The molecule has 0 fully saturated rings. The number of benzene rings is 15. The monoisotopic (exact) mass is 974 g/mol. The van der Waals surface area contributed by atoms with Gasteiger partial charge in [0.1, 0.15) is 5.82 Å². The van der Waals surface area contributed by atoms with Gasteiger partial charge in [0, 0.05) is 10.9 Å². The summed E-state index contributed by atoms with van der Waals surface area (Å²) < 4.78 is 2.33. The fraction of sp³-hybridized carbons (Fsp3) is 0. The molecular formula is C75H46N2. The first kappa shape index (κ1) is 43.3. The summed E-state index contributed by atoms with van der Waals surface area (Å²) >= 11 is 0. The number of imidazole rings is 1. The molecule has 16 aromatic rings. The fourth-order valence-corrected chi connectivity index (χ4v) is 13.0. The van der Waals surface area contributed by atoms with Gasteiger partial charge in [-0.3, -0.25) is 4.57 Å². The van der Waals surface area contributed by atoms with E-state index in [0.29, 0.717) is 0 Å². The lowest BCUT2D eigenvalue weighted by Gasteiger charge is -2.22. The van der Waals surface area contributed by atoms with Gasteiger partial charge in [-0.2, -0.15) is 0 Å². The van der Waals surface area contributed by atoms with Gasteiger partial charge in [0.25, 0.3) is 0 Å². The van der Waals surface area contributed by atoms with Crippen molar-refractivity contribution < 1.29 is 0 Å². The molecule has 0 unspecified atom stereocenters. The molecule has 77 heavy (non-hydrogen) atoms. The highest BCUT2D eigenvalue weighted by Crippen LogP contribution is 2.50. The molecule has 1 heterocycles. The van der Waals surface area contributed by atoms with E-state index in [-0.39, 0.29) is 0 Å². The molecule has 0 spiro atoms. The third-order valence-electron chi connectivity index (χ3n) is 16.3. The van der Waals surface area contributed by atoms with Gasteiger partial charge < -0.3 is 0 Å². The van der Waals surface area contributed by atoms with Crippen molar-refractivity contribution in [2.45, 2.75) is 0 Å². The van der Waals surface area contributed by atoms with E-state index < -0.39 is 0 Å². The average Bonchev–Trinajstić information content (AvgIpc) is 3.89. The smallest absolute Gasteiger partial charge is 0.145 e. The molecule has 0 atom stereocenters. The second-order valence-corrected chi connectivity index (χ2v) is 20.5. The molecule has 2 heteroatoms. The second kappa shape index (κ2) is 17.2. The summed E-state index contributed by atoms with van der Waals surface area (Å²) in [6.45, 7) is 0. The first-order valence-electron chi connectivity index (χ1n) is 26.6. The number of para-hydroxylation sites is 2. The topological polar surface area (TPSA) is 17.8 Å². The molecule has 0 N–H and O–H groups in total. The molecule has 0 bridgehead atoms. The molecule has 0 saturated heterocycles. The van der Waals surface area contributed by atoms with Crippen LogP contribution in [0.15, 0.2) is 279 Å². The van der Waals surface area contributed by atoms with E-state index >= 15 is 0 Å². The Hall–Kier alpha value is -10.2. The van der Waals surface area contributed by atoms with Crippen LogP contribution in [0.1, 0.15) is 0 Å². The maximum Gasteiger partial charge on any atom is 0.145 e. The van der Waals surface area contributed by atoms with Crippen LogP contribution in [0.4, 0.5) is 0 Å². The van der Waals surface area contributed by atoms with E-state index in [4.69, 9.17) is 4.98 Å². The summed E-state index contributed by atoms with van der Waals surface area (Å²) in [4.78, 5) is 5.29. The van der Waals surface area contributed by atoms with Gasteiger partial charge in [0.2, 0.25) is 0 Å². The first-order chi connectivity index (χ1) is 38.2. The molecule has 2 nitrogen and oxygen atoms in total. The third kappa shape index (κ3) is 6.72. The number of nitrogens with zero attached hydrogens (tertiary/aromatic N) is 2. The second-order valence-electron chi connectivity index (χ2n) is 20.5. The molecular weight excluding hydrogens is 929 g/mol. The Balaban J connectivity index is 0.904. The Labute approximate surface area is 445 Å². The minimum Gasteiger partial charge on any atom is -0.292 e. The molecule has 16 rings (SSSR count). The minimum atomic E-state index is 0.928. The van der Waals surface area contributed by atoms with Crippen LogP contribution >= 0.6 is 0 Å². The normalized spacial score (nSPS) is 11.9. The first-order valence-corrected chi connectivity index (χ1v) is 26.6. The SMILES string of the molecule is c1ccc2c(-c3c4ccccc4c(-c4cccc5ccccc45)c4cc(-c5c6ccccc6c(-c6ccc7cc(-c8nc9ccccc9n8-c8cccc9ccccc89)ccc7c6)c6ccccc56)ccc34)cccc2c1. The summed E-state index contributed by atoms with van der Waals surface area (Å²) in [5.74, 6) is 0.928. The third-order valence-corrected chi connectivity index (χ3v) is 16.3. The summed E-state index contributed by atoms with van der Waals surface area (Å²) in [7, 11) is 0. The van der Waals surface area contributed by atoms with E-state index in [0.717, 1.165) is 28.1 Å². The van der Waals surface area contributed by atoms with Crippen molar-refractivity contribution in [2.24, 2.45) is 0 Å². The number of hydrogen-bond donors (Lipinski definition) is 0. The Kier molecular flexibility index (Phi) is 9.67. The van der Waals surface area contributed by atoms with Crippen LogP contribution in [-0.4, -0.2) is 9.55 Å². The highest BCUT2D eigenvalue weighted by atomic mass is 15.1.